The van der Waals surface area contributed by atoms with E-state index in [1.165, 1.54) is 53.4 Å². The van der Waals surface area contributed by atoms with Crippen LogP contribution in [-0.2, 0) is 12.8 Å². The Hall–Kier alpha value is -5.39. The van der Waals surface area contributed by atoms with Gasteiger partial charge < -0.3 is 20.4 Å². The number of halogens is 3. The minimum atomic E-state index is -0.406. The van der Waals surface area contributed by atoms with Crippen LogP contribution in [0, 0.1) is 18.6 Å². The number of carbonyl (C=O) groups is 2. The van der Waals surface area contributed by atoms with E-state index in [4.69, 9.17) is 16.6 Å². The highest BCUT2D eigenvalue weighted by Gasteiger charge is 2.22. The maximum atomic E-state index is 13.2. The van der Waals surface area contributed by atoms with Gasteiger partial charge in [-0.25, -0.2) is 18.7 Å². The maximum absolute atomic E-state index is 13.2. The molecule has 2 fully saturated rings. The van der Waals surface area contributed by atoms with Gasteiger partial charge in [0.15, 0.2) is 0 Å². The smallest absolute Gasteiger partial charge is 0.251 e. The number of carbonyl (C=O) groups excluding carboxylic acids is 2. The zero-order valence-electron chi connectivity index (χ0n) is 34.5. The summed E-state index contributed by atoms with van der Waals surface area (Å²) in [4.78, 5) is 43.0. The van der Waals surface area contributed by atoms with Crippen LogP contribution in [0.1, 0.15) is 49.1 Å². The molecule has 62 heavy (non-hydrogen) atoms. The third-order valence-electron chi connectivity index (χ3n) is 10.7. The van der Waals surface area contributed by atoms with Crippen molar-refractivity contribution >= 4 is 56.7 Å². The summed E-state index contributed by atoms with van der Waals surface area (Å²) in [5, 5.41) is 8.49. The number of rotatable bonds is 14. The number of nitrogens with one attached hydrogen (secondary N) is 2. The molecule has 4 heterocycles. The first kappa shape index (κ1) is 44.7. The minimum absolute atomic E-state index is 0.0146. The molecule has 8 rings (SSSR count). The second kappa shape index (κ2) is 22.1. The SMILES string of the molecule is Cc1ccccc1C(=O)NCCN1CCN(c2nc(Cc3ccc(F)cc3)ns2)CC1.O=C(NCCN1CCN(c2nc(Cc3ccc(Cl)cc3)ns2)CC1)c1cccc(F)c1. The zero-order chi connectivity index (χ0) is 43.3. The van der Waals surface area contributed by atoms with Crippen LogP contribution in [-0.4, -0.2) is 119 Å². The first-order valence-electron chi connectivity index (χ1n) is 20.6. The zero-order valence-corrected chi connectivity index (χ0v) is 36.9. The molecule has 2 aliphatic heterocycles. The van der Waals surface area contributed by atoms with E-state index < -0.39 is 5.82 Å². The number of piperazine rings is 2. The average Bonchev–Trinajstić information content (AvgIpc) is 3.96. The highest BCUT2D eigenvalue weighted by atomic mass is 35.5. The summed E-state index contributed by atoms with van der Waals surface area (Å²) in [5.41, 5.74) is 4.21. The van der Waals surface area contributed by atoms with Crippen molar-refractivity contribution < 1.29 is 18.4 Å². The second-order valence-corrected chi connectivity index (χ2v) is 17.0. The Bertz CT molecular complexity index is 2370. The normalized spacial score (nSPS) is 14.6. The summed E-state index contributed by atoms with van der Waals surface area (Å²) in [5.74, 6) is 0.692. The molecule has 0 saturated carbocycles. The van der Waals surface area contributed by atoms with E-state index in [9.17, 15) is 18.4 Å². The molecule has 2 saturated heterocycles. The first-order valence-corrected chi connectivity index (χ1v) is 22.5. The average molecular weight is 900 g/mol. The van der Waals surface area contributed by atoms with Gasteiger partial charge in [0, 0.05) is 131 Å². The summed E-state index contributed by atoms with van der Waals surface area (Å²) in [6.45, 7) is 11.8. The van der Waals surface area contributed by atoms with Crippen molar-refractivity contribution in [2.75, 3.05) is 88.3 Å². The van der Waals surface area contributed by atoms with Crippen molar-refractivity contribution in [1.29, 1.82) is 0 Å². The van der Waals surface area contributed by atoms with Crippen molar-refractivity contribution in [2.45, 2.75) is 19.8 Å². The maximum Gasteiger partial charge on any atom is 0.251 e. The molecular weight excluding hydrogens is 850 g/mol. The van der Waals surface area contributed by atoms with Gasteiger partial charge in [-0.1, -0.05) is 60.1 Å². The van der Waals surface area contributed by atoms with Crippen LogP contribution in [0.25, 0.3) is 0 Å². The monoisotopic (exact) mass is 898 g/mol. The molecule has 0 radical (unpaired) electrons. The number of anilines is 2. The van der Waals surface area contributed by atoms with E-state index in [1.54, 1.807) is 18.2 Å². The van der Waals surface area contributed by atoms with Gasteiger partial charge in [-0.2, -0.15) is 8.75 Å². The van der Waals surface area contributed by atoms with Crippen molar-refractivity contribution in [3.8, 4) is 0 Å². The molecule has 17 heteroatoms. The first-order chi connectivity index (χ1) is 30.1. The number of aryl methyl sites for hydroxylation is 1. The van der Waals surface area contributed by atoms with Gasteiger partial charge in [0.2, 0.25) is 10.3 Å². The Morgan fingerprint density at radius 3 is 1.68 bits per heavy atom. The Balaban J connectivity index is 0.000000186. The summed E-state index contributed by atoms with van der Waals surface area (Å²) in [7, 11) is 0. The van der Waals surface area contributed by atoms with E-state index in [-0.39, 0.29) is 17.6 Å². The quantitative estimate of drug-likeness (QED) is 0.124. The van der Waals surface area contributed by atoms with Crippen LogP contribution in [0.4, 0.5) is 19.0 Å². The summed E-state index contributed by atoms with van der Waals surface area (Å²) >= 11 is 8.79. The second-order valence-electron chi connectivity index (χ2n) is 15.1. The van der Waals surface area contributed by atoms with E-state index in [0.29, 0.717) is 31.5 Å². The molecule has 6 aromatic rings. The summed E-state index contributed by atoms with van der Waals surface area (Å²) in [6, 6.07) is 27.6. The van der Waals surface area contributed by atoms with E-state index in [0.717, 1.165) is 115 Å². The molecule has 0 spiro atoms. The molecule has 2 aliphatic rings. The van der Waals surface area contributed by atoms with Gasteiger partial charge in [0.1, 0.15) is 23.3 Å². The van der Waals surface area contributed by atoms with Crippen molar-refractivity contribution in [2.24, 2.45) is 0 Å². The molecule has 2 aromatic heterocycles. The number of aromatic nitrogens is 4. The van der Waals surface area contributed by atoms with Crippen LogP contribution in [0.15, 0.2) is 97.1 Å². The number of amides is 2. The Morgan fingerprint density at radius 1 is 0.629 bits per heavy atom. The van der Waals surface area contributed by atoms with Crippen LogP contribution in [0.2, 0.25) is 5.02 Å². The summed E-state index contributed by atoms with van der Waals surface area (Å²) in [6.07, 6.45) is 1.30. The van der Waals surface area contributed by atoms with Crippen molar-refractivity contribution in [3.63, 3.8) is 0 Å². The lowest BCUT2D eigenvalue weighted by molar-refractivity contribution is 0.0939. The number of nitrogens with zero attached hydrogens (tertiary/aromatic N) is 8. The largest absolute Gasteiger partial charge is 0.351 e. The summed E-state index contributed by atoms with van der Waals surface area (Å²) < 4.78 is 35.3. The fourth-order valence-electron chi connectivity index (χ4n) is 7.09. The molecule has 0 aliphatic carbocycles. The molecule has 2 amide bonds. The van der Waals surface area contributed by atoms with Crippen LogP contribution >= 0.6 is 34.7 Å². The lowest BCUT2D eigenvalue weighted by Crippen LogP contribution is -2.48. The predicted octanol–water partition coefficient (Wildman–Crippen LogP) is 6.60. The Morgan fingerprint density at radius 2 is 1.15 bits per heavy atom. The molecule has 0 atom stereocenters. The molecule has 2 N–H and O–H groups in total. The van der Waals surface area contributed by atoms with Crippen LogP contribution in [0.3, 0.4) is 0 Å². The van der Waals surface area contributed by atoms with E-state index in [1.807, 2.05) is 55.5 Å². The molecule has 0 unspecified atom stereocenters. The lowest BCUT2D eigenvalue weighted by atomic mass is 10.1. The number of hydrogen-bond donors (Lipinski definition) is 2. The third-order valence-corrected chi connectivity index (χ3v) is 12.5. The number of benzene rings is 4. The lowest BCUT2D eigenvalue weighted by Gasteiger charge is -2.34. The standard InChI is InChI=1S/C23H26FN5OS.C22H23ClFN5OS/c1-17-4-2-3-5-20(17)22(30)25-10-11-28-12-14-29(15-13-28)23-26-21(27-31-23)16-18-6-8-19(24)9-7-18;23-18-6-4-16(5-7-18)14-20-26-22(31-27-20)29-12-10-28(11-13-29)9-8-25-21(30)17-2-1-3-19(24)15-17/h2-9H,10-16H2,1H3,(H,25,30);1-7,15H,8-14H2,(H,25,30). The van der Waals surface area contributed by atoms with E-state index >= 15 is 0 Å². The predicted molar refractivity (Wildman–Crippen MR) is 243 cm³/mol. The molecule has 12 nitrogen and oxygen atoms in total. The van der Waals surface area contributed by atoms with Gasteiger partial charge >= 0.3 is 0 Å². The Labute approximate surface area is 373 Å². The number of hydrogen-bond acceptors (Lipinski definition) is 12. The Kier molecular flexibility index (Phi) is 15.9. The van der Waals surface area contributed by atoms with Crippen LogP contribution < -0.4 is 20.4 Å². The van der Waals surface area contributed by atoms with E-state index in [2.05, 4.69) is 44.0 Å². The molecule has 324 valence electrons. The van der Waals surface area contributed by atoms with Crippen molar-refractivity contribution in [3.05, 3.63) is 153 Å². The van der Waals surface area contributed by atoms with Crippen molar-refractivity contribution in [1.82, 2.24) is 39.1 Å². The van der Waals surface area contributed by atoms with Gasteiger partial charge in [-0.3, -0.25) is 19.4 Å². The molecular formula is C45H49ClF2N10O2S2. The van der Waals surface area contributed by atoms with Gasteiger partial charge in [0.05, 0.1) is 0 Å². The topological polar surface area (TPSA) is 123 Å². The highest BCUT2D eigenvalue weighted by molar-refractivity contribution is 7.10. The fraction of sp³-hybridized carbons (Fsp3) is 0.333. The van der Waals surface area contributed by atoms with Gasteiger partial charge in [-0.15, -0.1) is 0 Å². The van der Waals surface area contributed by atoms with Gasteiger partial charge in [0.25, 0.3) is 11.8 Å². The third kappa shape index (κ3) is 13.1. The molecule has 0 bridgehead atoms. The van der Waals surface area contributed by atoms with Gasteiger partial charge in [-0.05, 0) is 72.1 Å². The minimum Gasteiger partial charge on any atom is -0.351 e. The molecule has 4 aromatic carbocycles. The van der Waals surface area contributed by atoms with Crippen LogP contribution in [0.5, 0.6) is 0 Å². The highest BCUT2D eigenvalue weighted by Crippen LogP contribution is 2.22. The fourth-order valence-corrected chi connectivity index (χ4v) is 8.69.